The van der Waals surface area contributed by atoms with Crippen molar-refractivity contribution >= 4 is 43.5 Å². The molecule has 0 saturated heterocycles. The standard InChI is InChI=1S/C38H42BrN3O6S/c1-3-48-33-20-18-32(19-21-33)42(49(45,46)35-22-16-30(39)17-23-35)27-37(43)41(26-29-12-9-15-34(24-29)47-2)36(25-28-10-5-4-6-11-28)38(44)40-31-13-7-8-14-31/h4-6,9-12,15-24,31,36H,3,7-8,13-14,25-27H2,1-2H3,(H,40,44). The highest BCUT2D eigenvalue weighted by Crippen LogP contribution is 2.28. The van der Waals surface area contributed by atoms with Gasteiger partial charge in [-0.25, -0.2) is 8.42 Å². The number of methoxy groups -OCH3 is 1. The number of hydrogen-bond acceptors (Lipinski definition) is 6. The molecule has 1 saturated carbocycles. The van der Waals surface area contributed by atoms with Crippen molar-refractivity contribution in [1.29, 1.82) is 0 Å². The van der Waals surface area contributed by atoms with Crippen molar-refractivity contribution in [2.75, 3.05) is 24.6 Å². The minimum Gasteiger partial charge on any atom is -0.497 e. The van der Waals surface area contributed by atoms with Gasteiger partial charge in [-0.05, 0) is 91.6 Å². The summed E-state index contributed by atoms with van der Waals surface area (Å²) < 4.78 is 41.5. The van der Waals surface area contributed by atoms with Gasteiger partial charge in [-0.2, -0.15) is 0 Å². The van der Waals surface area contributed by atoms with Crippen molar-refractivity contribution in [3.63, 3.8) is 0 Å². The summed E-state index contributed by atoms with van der Waals surface area (Å²) in [6, 6.07) is 28.8. The molecule has 4 aromatic carbocycles. The second-order valence-electron chi connectivity index (χ2n) is 12.0. The normalized spacial score (nSPS) is 13.8. The molecule has 1 fully saturated rings. The van der Waals surface area contributed by atoms with Crippen molar-refractivity contribution < 1.29 is 27.5 Å². The fourth-order valence-electron chi connectivity index (χ4n) is 6.03. The van der Waals surface area contributed by atoms with Gasteiger partial charge in [0.05, 0.1) is 24.3 Å². The molecule has 9 nitrogen and oxygen atoms in total. The molecule has 1 N–H and O–H groups in total. The zero-order chi connectivity index (χ0) is 34.8. The summed E-state index contributed by atoms with van der Waals surface area (Å²) in [6.07, 6.45) is 4.07. The van der Waals surface area contributed by atoms with Crippen molar-refractivity contribution in [1.82, 2.24) is 10.2 Å². The number of nitrogens with zero attached hydrogens (tertiary/aromatic N) is 2. The third-order valence-electron chi connectivity index (χ3n) is 8.58. The van der Waals surface area contributed by atoms with Gasteiger partial charge in [0.15, 0.2) is 0 Å². The molecule has 2 amide bonds. The summed E-state index contributed by atoms with van der Waals surface area (Å²) in [5.74, 6) is 0.383. The molecule has 49 heavy (non-hydrogen) atoms. The maximum Gasteiger partial charge on any atom is 0.264 e. The summed E-state index contributed by atoms with van der Waals surface area (Å²) in [4.78, 5) is 30.5. The molecule has 0 radical (unpaired) electrons. The number of anilines is 1. The van der Waals surface area contributed by atoms with Crippen molar-refractivity contribution in [2.45, 2.75) is 62.6 Å². The molecule has 1 aliphatic rings. The van der Waals surface area contributed by atoms with Gasteiger partial charge >= 0.3 is 0 Å². The van der Waals surface area contributed by atoms with Crippen molar-refractivity contribution in [3.05, 3.63) is 119 Å². The van der Waals surface area contributed by atoms with Crippen LogP contribution in [0.4, 0.5) is 5.69 Å². The molecule has 1 unspecified atom stereocenters. The first kappa shape index (κ1) is 35.9. The number of rotatable bonds is 15. The van der Waals surface area contributed by atoms with Crippen LogP contribution in [-0.4, -0.2) is 57.5 Å². The van der Waals surface area contributed by atoms with Crippen LogP contribution in [0.15, 0.2) is 112 Å². The second-order valence-corrected chi connectivity index (χ2v) is 14.7. The van der Waals surface area contributed by atoms with E-state index in [2.05, 4.69) is 21.2 Å². The Labute approximate surface area is 297 Å². The molecule has 0 spiro atoms. The predicted octanol–water partition coefficient (Wildman–Crippen LogP) is 6.75. The minimum absolute atomic E-state index is 0.0246. The van der Waals surface area contributed by atoms with Gasteiger partial charge in [0.1, 0.15) is 24.1 Å². The summed E-state index contributed by atoms with van der Waals surface area (Å²) in [7, 11) is -2.66. The van der Waals surface area contributed by atoms with Gasteiger partial charge in [0, 0.05) is 23.5 Å². The molecule has 0 aromatic heterocycles. The van der Waals surface area contributed by atoms with Gasteiger partial charge in [0.25, 0.3) is 10.0 Å². The van der Waals surface area contributed by atoms with E-state index in [1.807, 2.05) is 61.5 Å². The minimum atomic E-state index is -4.23. The average Bonchev–Trinajstić information content (AvgIpc) is 3.63. The van der Waals surface area contributed by atoms with E-state index in [0.717, 1.165) is 45.6 Å². The number of carbonyl (C=O) groups excluding carboxylic acids is 2. The van der Waals surface area contributed by atoms with Crippen LogP contribution < -0.4 is 19.1 Å². The number of nitrogens with one attached hydrogen (secondary N) is 1. The van der Waals surface area contributed by atoms with Crippen LogP contribution in [-0.2, 0) is 32.6 Å². The Morgan fingerprint density at radius 1 is 0.878 bits per heavy atom. The third kappa shape index (κ3) is 9.42. The quantitative estimate of drug-likeness (QED) is 0.144. The highest BCUT2D eigenvalue weighted by Gasteiger charge is 2.35. The van der Waals surface area contributed by atoms with E-state index < -0.39 is 28.5 Å². The highest BCUT2D eigenvalue weighted by atomic mass is 79.9. The summed E-state index contributed by atoms with van der Waals surface area (Å²) in [5.41, 5.74) is 1.90. The molecule has 11 heteroatoms. The van der Waals surface area contributed by atoms with Crippen LogP contribution >= 0.6 is 15.9 Å². The Balaban J connectivity index is 1.57. The first-order chi connectivity index (χ1) is 23.7. The van der Waals surface area contributed by atoms with Crippen LogP contribution in [0.1, 0.15) is 43.7 Å². The molecule has 0 heterocycles. The van der Waals surface area contributed by atoms with Crippen LogP contribution in [0.3, 0.4) is 0 Å². The Bertz CT molecular complexity index is 1800. The molecule has 258 valence electrons. The van der Waals surface area contributed by atoms with E-state index >= 15 is 0 Å². The zero-order valence-corrected chi connectivity index (χ0v) is 30.2. The molecular formula is C38H42BrN3O6S. The molecule has 1 aliphatic carbocycles. The lowest BCUT2D eigenvalue weighted by atomic mass is 10.0. The highest BCUT2D eigenvalue weighted by molar-refractivity contribution is 9.10. The van der Waals surface area contributed by atoms with E-state index in [9.17, 15) is 18.0 Å². The van der Waals surface area contributed by atoms with Crippen LogP contribution in [0.5, 0.6) is 11.5 Å². The van der Waals surface area contributed by atoms with Gasteiger partial charge in [-0.15, -0.1) is 0 Å². The van der Waals surface area contributed by atoms with E-state index in [-0.39, 0.29) is 35.5 Å². The summed E-state index contributed by atoms with van der Waals surface area (Å²) in [5, 5.41) is 3.20. The second kappa shape index (κ2) is 16.8. The lowest BCUT2D eigenvalue weighted by molar-refractivity contribution is -0.140. The monoisotopic (exact) mass is 747 g/mol. The number of ether oxygens (including phenoxy) is 2. The van der Waals surface area contributed by atoms with Crippen LogP contribution in [0, 0.1) is 0 Å². The summed E-state index contributed by atoms with van der Waals surface area (Å²) >= 11 is 3.38. The van der Waals surface area contributed by atoms with Crippen molar-refractivity contribution in [2.24, 2.45) is 0 Å². The Hall–Kier alpha value is -4.35. The molecule has 5 rings (SSSR count). The van der Waals surface area contributed by atoms with Crippen LogP contribution in [0.2, 0.25) is 0 Å². The van der Waals surface area contributed by atoms with Gasteiger partial charge in [-0.3, -0.25) is 13.9 Å². The predicted molar refractivity (Wildman–Crippen MR) is 194 cm³/mol. The number of benzene rings is 4. The summed E-state index contributed by atoms with van der Waals surface area (Å²) in [6.45, 7) is 1.83. The van der Waals surface area contributed by atoms with Gasteiger partial charge < -0.3 is 19.7 Å². The molecule has 1 atom stereocenters. The lowest BCUT2D eigenvalue weighted by Crippen LogP contribution is -2.54. The van der Waals surface area contributed by atoms with Crippen LogP contribution in [0.25, 0.3) is 0 Å². The fraction of sp³-hybridized carbons (Fsp3) is 0.316. The SMILES string of the molecule is CCOc1ccc(N(CC(=O)N(Cc2cccc(OC)c2)C(Cc2ccccc2)C(=O)NC2CCCC2)S(=O)(=O)c2ccc(Br)cc2)cc1. The largest absolute Gasteiger partial charge is 0.497 e. The molecule has 0 aliphatic heterocycles. The Morgan fingerprint density at radius 2 is 1.55 bits per heavy atom. The van der Waals surface area contributed by atoms with Crippen molar-refractivity contribution in [3.8, 4) is 11.5 Å². The third-order valence-corrected chi connectivity index (χ3v) is 10.9. The van der Waals surface area contributed by atoms with E-state index in [1.54, 1.807) is 43.5 Å². The number of hydrogen-bond donors (Lipinski definition) is 1. The number of halogens is 1. The van der Waals surface area contributed by atoms with E-state index in [1.165, 1.54) is 17.0 Å². The number of sulfonamides is 1. The average molecular weight is 749 g/mol. The molecular weight excluding hydrogens is 706 g/mol. The first-order valence-electron chi connectivity index (χ1n) is 16.5. The Morgan fingerprint density at radius 3 is 2.20 bits per heavy atom. The Kier molecular flexibility index (Phi) is 12.4. The number of amides is 2. The van der Waals surface area contributed by atoms with E-state index in [0.29, 0.717) is 18.1 Å². The first-order valence-corrected chi connectivity index (χ1v) is 18.7. The topological polar surface area (TPSA) is 105 Å². The molecule has 0 bridgehead atoms. The fourth-order valence-corrected chi connectivity index (χ4v) is 7.71. The zero-order valence-electron chi connectivity index (χ0n) is 27.8. The van der Waals surface area contributed by atoms with Gasteiger partial charge in [-0.1, -0.05) is 71.2 Å². The smallest absolute Gasteiger partial charge is 0.264 e. The maximum absolute atomic E-state index is 14.7. The maximum atomic E-state index is 14.7. The van der Waals surface area contributed by atoms with Gasteiger partial charge in [0.2, 0.25) is 11.8 Å². The molecule has 4 aromatic rings. The van der Waals surface area contributed by atoms with E-state index in [4.69, 9.17) is 9.47 Å². The lowest BCUT2D eigenvalue weighted by Gasteiger charge is -2.34. The number of carbonyl (C=O) groups is 2.